The predicted octanol–water partition coefficient (Wildman–Crippen LogP) is 3.11. The lowest BCUT2D eigenvalue weighted by atomic mass is 10.0. The molecule has 0 saturated carbocycles. The van der Waals surface area contributed by atoms with Gasteiger partial charge in [0.1, 0.15) is 5.82 Å². The first-order valence-electron chi connectivity index (χ1n) is 10.4. The SMILES string of the molecule is Cc1cc(C)nc(Nc2cc(C)nc(C3CCCCN3C(=O)/C=C/CN(C)C)n2)n1. The molecule has 0 aliphatic carbocycles. The first kappa shape index (κ1) is 21.8. The molecule has 1 fully saturated rings. The van der Waals surface area contributed by atoms with Crippen molar-refractivity contribution in [1.29, 1.82) is 0 Å². The van der Waals surface area contributed by atoms with Crippen LogP contribution in [0.2, 0.25) is 0 Å². The number of nitrogens with zero attached hydrogens (tertiary/aromatic N) is 6. The van der Waals surface area contributed by atoms with Crippen LogP contribution in [0.3, 0.4) is 0 Å². The standard InChI is InChI=1S/C22H31N7O/c1-15-13-16(2)25-22(24-15)27-19-14-17(3)23-21(26-19)18-9-6-7-12-29(18)20(30)10-8-11-28(4)5/h8,10,13-14,18H,6-7,9,11-12H2,1-5H3,(H,23,24,25,26,27)/b10-8+. The molecule has 2 aromatic rings. The summed E-state index contributed by atoms with van der Waals surface area (Å²) in [5.41, 5.74) is 2.63. The smallest absolute Gasteiger partial charge is 0.246 e. The molecule has 3 heterocycles. The summed E-state index contributed by atoms with van der Waals surface area (Å²) >= 11 is 0. The van der Waals surface area contributed by atoms with Crippen LogP contribution in [0.15, 0.2) is 24.3 Å². The number of rotatable bonds is 6. The number of piperidine rings is 1. The van der Waals surface area contributed by atoms with Crippen molar-refractivity contribution >= 4 is 17.7 Å². The Morgan fingerprint density at radius 1 is 1.10 bits per heavy atom. The minimum absolute atomic E-state index is 0.0128. The van der Waals surface area contributed by atoms with E-state index in [1.54, 1.807) is 6.08 Å². The third-order valence-corrected chi connectivity index (χ3v) is 4.91. The van der Waals surface area contributed by atoms with Crippen LogP contribution in [-0.2, 0) is 4.79 Å². The number of carbonyl (C=O) groups is 1. The van der Waals surface area contributed by atoms with Gasteiger partial charge in [-0.1, -0.05) is 6.08 Å². The van der Waals surface area contributed by atoms with E-state index in [2.05, 4.69) is 20.3 Å². The monoisotopic (exact) mass is 409 g/mol. The Bertz CT molecular complexity index is 905. The van der Waals surface area contributed by atoms with Gasteiger partial charge in [-0.2, -0.15) is 0 Å². The third-order valence-electron chi connectivity index (χ3n) is 4.91. The number of hydrogen-bond donors (Lipinski definition) is 1. The van der Waals surface area contributed by atoms with Crippen LogP contribution in [-0.4, -0.2) is 62.8 Å². The van der Waals surface area contributed by atoms with Crippen molar-refractivity contribution < 1.29 is 4.79 Å². The van der Waals surface area contributed by atoms with Gasteiger partial charge in [0.15, 0.2) is 5.82 Å². The molecule has 1 saturated heterocycles. The third kappa shape index (κ3) is 5.82. The van der Waals surface area contributed by atoms with E-state index in [1.807, 2.05) is 62.9 Å². The normalized spacial score (nSPS) is 17.0. The zero-order chi connectivity index (χ0) is 21.7. The van der Waals surface area contributed by atoms with Crippen molar-refractivity contribution in [1.82, 2.24) is 29.7 Å². The fourth-order valence-electron chi connectivity index (χ4n) is 3.62. The first-order valence-corrected chi connectivity index (χ1v) is 10.4. The van der Waals surface area contributed by atoms with Crippen LogP contribution in [0, 0.1) is 20.8 Å². The molecular formula is C22H31N7O. The molecule has 8 heteroatoms. The summed E-state index contributed by atoms with van der Waals surface area (Å²) in [6.45, 7) is 7.26. The molecule has 30 heavy (non-hydrogen) atoms. The highest BCUT2D eigenvalue weighted by molar-refractivity contribution is 5.88. The maximum atomic E-state index is 12.8. The lowest BCUT2D eigenvalue weighted by molar-refractivity contribution is -0.129. The second-order valence-electron chi connectivity index (χ2n) is 8.06. The van der Waals surface area contributed by atoms with Crippen LogP contribution >= 0.6 is 0 Å². The summed E-state index contributed by atoms with van der Waals surface area (Å²) < 4.78 is 0. The quantitative estimate of drug-likeness (QED) is 0.734. The van der Waals surface area contributed by atoms with Gasteiger partial charge < -0.3 is 15.1 Å². The molecule has 1 aliphatic heterocycles. The highest BCUT2D eigenvalue weighted by Crippen LogP contribution is 2.30. The van der Waals surface area contributed by atoms with Crippen molar-refractivity contribution in [3.05, 3.63) is 47.2 Å². The minimum atomic E-state index is -0.129. The maximum absolute atomic E-state index is 12.8. The van der Waals surface area contributed by atoms with Gasteiger partial charge in [-0.15, -0.1) is 0 Å². The Morgan fingerprint density at radius 3 is 2.50 bits per heavy atom. The number of aryl methyl sites for hydroxylation is 3. The van der Waals surface area contributed by atoms with Crippen molar-refractivity contribution in [3.63, 3.8) is 0 Å². The largest absolute Gasteiger partial charge is 0.329 e. The average Bonchev–Trinajstić information content (AvgIpc) is 2.66. The van der Waals surface area contributed by atoms with E-state index in [9.17, 15) is 4.79 Å². The van der Waals surface area contributed by atoms with Gasteiger partial charge in [0.25, 0.3) is 0 Å². The molecule has 0 radical (unpaired) electrons. The van der Waals surface area contributed by atoms with Gasteiger partial charge in [0.05, 0.1) is 6.04 Å². The number of likely N-dealkylation sites (tertiary alicyclic amines) is 1. The van der Waals surface area contributed by atoms with Crippen LogP contribution in [0.25, 0.3) is 0 Å². The summed E-state index contributed by atoms with van der Waals surface area (Å²) in [5.74, 6) is 1.83. The molecule has 1 unspecified atom stereocenters. The topological polar surface area (TPSA) is 87.1 Å². The molecule has 0 aromatic carbocycles. The van der Waals surface area contributed by atoms with Crippen molar-refractivity contribution in [2.75, 3.05) is 32.5 Å². The van der Waals surface area contributed by atoms with E-state index in [-0.39, 0.29) is 11.9 Å². The Balaban J connectivity index is 1.83. The Labute approximate surface area is 178 Å². The predicted molar refractivity (Wildman–Crippen MR) is 118 cm³/mol. The molecule has 1 aliphatic rings. The second-order valence-corrected chi connectivity index (χ2v) is 8.06. The summed E-state index contributed by atoms with van der Waals surface area (Å²) in [7, 11) is 3.96. The zero-order valence-corrected chi connectivity index (χ0v) is 18.5. The van der Waals surface area contributed by atoms with Crippen LogP contribution < -0.4 is 5.32 Å². The lowest BCUT2D eigenvalue weighted by Gasteiger charge is -2.34. The lowest BCUT2D eigenvalue weighted by Crippen LogP contribution is -2.38. The molecule has 3 rings (SSSR count). The van der Waals surface area contributed by atoms with Crippen LogP contribution in [0.1, 0.15) is 48.2 Å². The summed E-state index contributed by atoms with van der Waals surface area (Å²) in [6, 6.07) is 3.67. The Hall–Kier alpha value is -2.87. The van der Waals surface area contributed by atoms with Crippen molar-refractivity contribution in [2.24, 2.45) is 0 Å². The molecule has 1 atom stereocenters. The highest BCUT2D eigenvalue weighted by atomic mass is 16.2. The average molecular weight is 410 g/mol. The molecule has 8 nitrogen and oxygen atoms in total. The summed E-state index contributed by atoms with van der Waals surface area (Å²) in [5, 5.41) is 3.20. The number of carbonyl (C=O) groups excluding carboxylic acids is 1. The number of amides is 1. The van der Waals surface area contributed by atoms with Gasteiger partial charge in [0, 0.05) is 42.3 Å². The Kier molecular flexibility index (Phi) is 7.10. The molecule has 160 valence electrons. The number of aromatic nitrogens is 4. The van der Waals surface area contributed by atoms with E-state index < -0.39 is 0 Å². The van der Waals surface area contributed by atoms with E-state index in [1.165, 1.54) is 0 Å². The number of anilines is 2. The minimum Gasteiger partial charge on any atom is -0.329 e. The van der Waals surface area contributed by atoms with Gasteiger partial charge in [-0.05, 0) is 60.2 Å². The van der Waals surface area contributed by atoms with E-state index in [4.69, 9.17) is 4.98 Å². The van der Waals surface area contributed by atoms with Crippen LogP contribution in [0.5, 0.6) is 0 Å². The van der Waals surface area contributed by atoms with E-state index in [0.29, 0.717) is 17.6 Å². The molecule has 1 N–H and O–H groups in total. The number of likely N-dealkylation sites (N-methyl/N-ethyl adjacent to an activating group) is 1. The van der Waals surface area contributed by atoms with Gasteiger partial charge in [-0.25, -0.2) is 19.9 Å². The molecular weight excluding hydrogens is 378 g/mol. The van der Waals surface area contributed by atoms with Gasteiger partial charge in [-0.3, -0.25) is 4.79 Å². The van der Waals surface area contributed by atoms with Crippen molar-refractivity contribution in [3.8, 4) is 0 Å². The van der Waals surface area contributed by atoms with E-state index in [0.717, 1.165) is 49.4 Å². The summed E-state index contributed by atoms with van der Waals surface area (Å²) in [4.78, 5) is 35.0. The zero-order valence-electron chi connectivity index (χ0n) is 18.5. The molecule has 1 amide bonds. The Morgan fingerprint density at radius 2 is 1.80 bits per heavy atom. The van der Waals surface area contributed by atoms with E-state index >= 15 is 0 Å². The fourth-order valence-corrected chi connectivity index (χ4v) is 3.62. The number of hydrogen-bond acceptors (Lipinski definition) is 7. The molecule has 0 spiro atoms. The summed E-state index contributed by atoms with van der Waals surface area (Å²) in [6.07, 6.45) is 6.47. The molecule has 2 aromatic heterocycles. The molecule has 0 bridgehead atoms. The first-order chi connectivity index (χ1) is 14.3. The van der Waals surface area contributed by atoms with Crippen LogP contribution in [0.4, 0.5) is 11.8 Å². The fraction of sp³-hybridized carbons (Fsp3) is 0.500. The second kappa shape index (κ2) is 9.75. The van der Waals surface area contributed by atoms with Gasteiger partial charge >= 0.3 is 0 Å². The highest BCUT2D eigenvalue weighted by Gasteiger charge is 2.29. The van der Waals surface area contributed by atoms with Crippen molar-refractivity contribution in [2.45, 2.75) is 46.1 Å². The number of nitrogens with one attached hydrogen (secondary N) is 1. The maximum Gasteiger partial charge on any atom is 0.246 e. The van der Waals surface area contributed by atoms with Gasteiger partial charge in [0.2, 0.25) is 11.9 Å².